The SMILES string of the molecule is CCOc1ccc(NC(=O)c2ccccc2SCC#N)cc1S(=O)(=O)N1CCCC1. The highest BCUT2D eigenvalue weighted by Gasteiger charge is 2.30. The number of benzene rings is 2. The van der Waals surface area contributed by atoms with Gasteiger partial charge in [-0.05, 0) is 50.1 Å². The van der Waals surface area contributed by atoms with Crippen molar-refractivity contribution in [3.63, 3.8) is 0 Å². The van der Waals surface area contributed by atoms with E-state index in [0.29, 0.717) is 35.8 Å². The van der Waals surface area contributed by atoms with E-state index < -0.39 is 10.0 Å². The largest absolute Gasteiger partial charge is 0.492 e. The van der Waals surface area contributed by atoms with E-state index in [1.165, 1.54) is 22.1 Å². The van der Waals surface area contributed by atoms with Crippen LogP contribution in [-0.4, -0.2) is 44.1 Å². The van der Waals surface area contributed by atoms with Crippen LogP contribution in [0.25, 0.3) is 0 Å². The Labute approximate surface area is 181 Å². The maximum Gasteiger partial charge on any atom is 0.256 e. The number of anilines is 1. The van der Waals surface area contributed by atoms with Crippen LogP contribution in [0.1, 0.15) is 30.1 Å². The monoisotopic (exact) mass is 445 g/mol. The molecule has 7 nitrogen and oxygen atoms in total. The van der Waals surface area contributed by atoms with Crippen LogP contribution in [0, 0.1) is 11.3 Å². The Kier molecular flexibility index (Phi) is 7.37. The molecule has 9 heteroatoms. The van der Waals surface area contributed by atoms with Crippen molar-refractivity contribution in [1.29, 1.82) is 5.26 Å². The Morgan fingerprint density at radius 2 is 1.97 bits per heavy atom. The number of sulfonamides is 1. The van der Waals surface area contributed by atoms with E-state index in [0.717, 1.165) is 12.8 Å². The molecule has 0 bridgehead atoms. The van der Waals surface area contributed by atoms with Gasteiger partial charge in [0.15, 0.2) is 0 Å². The first-order valence-electron chi connectivity index (χ1n) is 9.64. The molecule has 1 fully saturated rings. The summed E-state index contributed by atoms with van der Waals surface area (Å²) >= 11 is 1.27. The maximum atomic E-state index is 13.1. The van der Waals surface area contributed by atoms with Crippen molar-refractivity contribution in [2.45, 2.75) is 29.6 Å². The zero-order valence-electron chi connectivity index (χ0n) is 16.6. The lowest BCUT2D eigenvalue weighted by molar-refractivity contribution is 0.102. The Hall–Kier alpha value is -2.54. The van der Waals surface area contributed by atoms with E-state index in [-0.39, 0.29) is 22.3 Å². The molecule has 1 saturated heterocycles. The van der Waals surface area contributed by atoms with E-state index in [1.807, 2.05) is 6.07 Å². The average Bonchev–Trinajstić information content (AvgIpc) is 3.29. The fourth-order valence-electron chi connectivity index (χ4n) is 3.22. The highest BCUT2D eigenvalue weighted by Crippen LogP contribution is 2.32. The number of nitriles is 1. The normalized spacial score (nSPS) is 14.3. The van der Waals surface area contributed by atoms with Gasteiger partial charge in [-0.3, -0.25) is 4.79 Å². The van der Waals surface area contributed by atoms with Crippen molar-refractivity contribution in [2.24, 2.45) is 0 Å². The second-order valence-corrected chi connectivity index (χ2v) is 9.53. The van der Waals surface area contributed by atoms with Crippen molar-refractivity contribution in [1.82, 2.24) is 4.31 Å². The van der Waals surface area contributed by atoms with Crippen molar-refractivity contribution < 1.29 is 17.9 Å². The fourth-order valence-corrected chi connectivity index (χ4v) is 5.60. The number of amides is 1. The Balaban J connectivity index is 1.91. The summed E-state index contributed by atoms with van der Waals surface area (Å²) in [5.74, 6) is 0.128. The summed E-state index contributed by atoms with van der Waals surface area (Å²) in [6.07, 6.45) is 1.66. The second kappa shape index (κ2) is 9.98. The van der Waals surface area contributed by atoms with E-state index in [9.17, 15) is 13.2 Å². The number of hydrogen-bond acceptors (Lipinski definition) is 6. The number of thioether (sulfide) groups is 1. The zero-order chi connectivity index (χ0) is 21.6. The van der Waals surface area contributed by atoms with E-state index >= 15 is 0 Å². The van der Waals surface area contributed by atoms with Gasteiger partial charge in [0.1, 0.15) is 10.6 Å². The molecule has 3 rings (SSSR count). The van der Waals surface area contributed by atoms with Crippen molar-refractivity contribution >= 4 is 33.4 Å². The number of nitrogens with one attached hydrogen (secondary N) is 1. The molecule has 1 N–H and O–H groups in total. The van der Waals surface area contributed by atoms with Crippen LogP contribution >= 0.6 is 11.8 Å². The minimum atomic E-state index is -3.72. The third kappa shape index (κ3) is 4.95. The third-order valence-corrected chi connectivity index (χ3v) is 7.47. The first-order chi connectivity index (χ1) is 14.5. The van der Waals surface area contributed by atoms with E-state index in [2.05, 4.69) is 5.32 Å². The van der Waals surface area contributed by atoms with Crippen LogP contribution in [0.4, 0.5) is 5.69 Å². The zero-order valence-corrected chi connectivity index (χ0v) is 18.3. The lowest BCUT2D eigenvalue weighted by Crippen LogP contribution is -2.28. The van der Waals surface area contributed by atoms with Crippen LogP contribution in [0.5, 0.6) is 5.75 Å². The van der Waals surface area contributed by atoms with Crippen LogP contribution in [0.2, 0.25) is 0 Å². The smallest absolute Gasteiger partial charge is 0.256 e. The Morgan fingerprint density at radius 1 is 1.23 bits per heavy atom. The summed E-state index contributed by atoms with van der Waals surface area (Å²) in [5.41, 5.74) is 0.789. The number of ether oxygens (including phenoxy) is 1. The minimum absolute atomic E-state index is 0.0520. The molecular weight excluding hydrogens is 422 g/mol. The second-order valence-electron chi connectivity index (χ2n) is 6.60. The predicted octanol–water partition coefficient (Wildman–Crippen LogP) is 3.74. The van der Waals surface area contributed by atoms with Gasteiger partial charge in [0.2, 0.25) is 10.0 Å². The van der Waals surface area contributed by atoms with Gasteiger partial charge < -0.3 is 10.1 Å². The van der Waals surface area contributed by atoms with Gasteiger partial charge in [0.05, 0.1) is 24.0 Å². The molecule has 0 aliphatic carbocycles. The summed E-state index contributed by atoms with van der Waals surface area (Å²) < 4.78 is 33.2. The molecule has 2 aromatic rings. The molecule has 0 radical (unpaired) electrons. The van der Waals surface area contributed by atoms with Gasteiger partial charge in [0.25, 0.3) is 5.91 Å². The lowest BCUT2D eigenvalue weighted by Gasteiger charge is -2.19. The van der Waals surface area contributed by atoms with Crippen LogP contribution in [0.3, 0.4) is 0 Å². The Morgan fingerprint density at radius 3 is 2.67 bits per heavy atom. The number of nitrogens with zero attached hydrogens (tertiary/aromatic N) is 2. The lowest BCUT2D eigenvalue weighted by atomic mass is 10.2. The van der Waals surface area contributed by atoms with Crippen molar-refractivity contribution in [3.05, 3.63) is 48.0 Å². The molecule has 1 amide bonds. The molecule has 30 heavy (non-hydrogen) atoms. The van der Waals surface area contributed by atoms with Crippen molar-refractivity contribution in [2.75, 3.05) is 30.8 Å². The van der Waals surface area contributed by atoms with Crippen molar-refractivity contribution in [3.8, 4) is 11.8 Å². The van der Waals surface area contributed by atoms with Gasteiger partial charge in [-0.1, -0.05) is 12.1 Å². The molecule has 0 spiro atoms. The molecule has 0 saturated carbocycles. The molecule has 1 aliphatic heterocycles. The molecule has 1 aliphatic rings. The van der Waals surface area contributed by atoms with Gasteiger partial charge in [-0.25, -0.2) is 8.42 Å². The summed E-state index contributed by atoms with van der Waals surface area (Å²) in [7, 11) is -3.72. The van der Waals surface area contributed by atoms with Gasteiger partial charge in [0, 0.05) is 23.7 Å². The average molecular weight is 446 g/mol. The molecule has 1 heterocycles. The standard InChI is InChI=1S/C21H23N3O4S2/c1-2-28-18-10-9-16(15-20(18)30(26,27)24-12-5-6-13-24)23-21(25)17-7-3-4-8-19(17)29-14-11-22/h3-4,7-10,15H,2,5-6,12-14H2,1H3,(H,23,25). The number of hydrogen-bond donors (Lipinski definition) is 1. The predicted molar refractivity (Wildman–Crippen MR) is 116 cm³/mol. The molecule has 0 unspecified atom stereocenters. The first-order valence-corrected chi connectivity index (χ1v) is 12.1. The molecule has 2 aromatic carbocycles. The third-order valence-electron chi connectivity index (χ3n) is 4.61. The highest BCUT2D eigenvalue weighted by atomic mass is 32.2. The quantitative estimate of drug-likeness (QED) is 0.622. The van der Waals surface area contributed by atoms with Crippen LogP contribution in [-0.2, 0) is 10.0 Å². The summed E-state index contributed by atoms with van der Waals surface area (Å²) in [6.45, 7) is 3.08. The molecular formula is C21H23N3O4S2. The number of carbonyl (C=O) groups excluding carboxylic acids is 1. The molecule has 158 valence electrons. The van der Waals surface area contributed by atoms with Gasteiger partial charge in [-0.2, -0.15) is 9.57 Å². The van der Waals surface area contributed by atoms with Gasteiger partial charge >= 0.3 is 0 Å². The van der Waals surface area contributed by atoms with Crippen LogP contribution < -0.4 is 10.1 Å². The van der Waals surface area contributed by atoms with E-state index in [4.69, 9.17) is 10.00 Å². The van der Waals surface area contributed by atoms with Crippen LogP contribution in [0.15, 0.2) is 52.3 Å². The first kappa shape index (κ1) is 22.2. The number of carbonyl (C=O) groups is 1. The topological polar surface area (TPSA) is 99.5 Å². The molecule has 0 aromatic heterocycles. The van der Waals surface area contributed by atoms with E-state index in [1.54, 1.807) is 43.3 Å². The number of rotatable bonds is 8. The maximum absolute atomic E-state index is 13.1. The summed E-state index contributed by atoms with van der Waals surface area (Å²) in [5, 5.41) is 11.6. The highest BCUT2D eigenvalue weighted by molar-refractivity contribution is 7.99. The summed E-state index contributed by atoms with van der Waals surface area (Å²) in [6, 6.07) is 13.7. The minimum Gasteiger partial charge on any atom is -0.492 e. The summed E-state index contributed by atoms with van der Waals surface area (Å²) in [4.78, 5) is 13.6. The Bertz CT molecular complexity index is 1060. The fraction of sp³-hybridized carbons (Fsp3) is 0.333. The van der Waals surface area contributed by atoms with Gasteiger partial charge in [-0.15, -0.1) is 11.8 Å². The molecule has 0 atom stereocenters.